The predicted molar refractivity (Wildman–Crippen MR) is 30.1 cm³/mol. The van der Waals surface area contributed by atoms with Crippen LogP contribution in [0.3, 0.4) is 0 Å². The maximum absolute atomic E-state index is 5.33. The van der Waals surface area contributed by atoms with E-state index < -0.39 is 0 Å². The molecule has 0 saturated carbocycles. The first-order valence-electron chi connectivity index (χ1n) is 2.18. The van der Waals surface area contributed by atoms with Gasteiger partial charge in [-0.2, -0.15) is 4.68 Å². The average Bonchev–Trinajstić information content (AvgIpc) is 1.65. The fourth-order valence-electron chi connectivity index (χ4n) is 0.176. The van der Waals surface area contributed by atoms with Crippen molar-refractivity contribution in [2.45, 2.75) is 6.92 Å². The summed E-state index contributed by atoms with van der Waals surface area (Å²) in [5.41, 5.74) is 8.16. The van der Waals surface area contributed by atoms with Crippen molar-refractivity contribution in [3.05, 3.63) is 0 Å². The van der Waals surface area contributed by atoms with Crippen LogP contribution in [-0.2, 0) is 0 Å². The van der Waals surface area contributed by atoms with Gasteiger partial charge in [0.1, 0.15) is 7.05 Å². The molecule has 0 heterocycles. The maximum atomic E-state index is 5.33. The van der Waals surface area contributed by atoms with Crippen molar-refractivity contribution < 1.29 is 28.7 Å². The summed E-state index contributed by atoms with van der Waals surface area (Å²) in [5, 5.41) is 0. The van der Waals surface area contributed by atoms with E-state index in [1.165, 1.54) is 0 Å². The molecule has 0 aliphatic rings. The Labute approximate surface area is 66.9 Å². The van der Waals surface area contributed by atoms with Crippen molar-refractivity contribution in [1.29, 1.82) is 0 Å². The molecule has 0 unspecified atom stereocenters. The highest BCUT2D eigenvalue weighted by atomic mass is 127. The van der Waals surface area contributed by atoms with Crippen molar-refractivity contribution in [2.75, 3.05) is 14.1 Å². The highest BCUT2D eigenvalue weighted by molar-refractivity contribution is 5.71. The van der Waals surface area contributed by atoms with Crippen LogP contribution in [0.15, 0.2) is 0 Å². The minimum absolute atomic E-state index is 0. The summed E-state index contributed by atoms with van der Waals surface area (Å²) >= 11 is 0. The molecule has 0 aromatic heterocycles. The summed E-state index contributed by atoms with van der Waals surface area (Å²) in [6.45, 7) is 1.83. The fourth-order valence-corrected chi connectivity index (χ4v) is 0.176. The molecular formula is C4H12IN3. The molecule has 0 radical (unpaired) electrons. The summed E-state index contributed by atoms with van der Waals surface area (Å²) in [4.78, 5) is 0. The molecule has 0 aliphatic heterocycles. The summed E-state index contributed by atoms with van der Waals surface area (Å²) < 4.78 is 1.74. The Morgan fingerprint density at radius 2 is 2.00 bits per heavy atom. The van der Waals surface area contributed by atoms with Gasteiger partial charge < -0.3 is 24.0 Å². The molecule has 0 spiro atoms. The van der Waals surface area contributed by atoms with Crippen molar-refractivity contribution in [3.8, 4) is 0 Å². The molecule has 0 saturated heterocycles. The molecule has 0 rings (SSSR count). The second-order valence-electron chi connectivity index (χ2n) is 1.42. The molecule has 8 heavy (non-hydrogen) atoms. The standard InChI is InChI=1S/C4H11N3.HI/c1-4(5)7(3)6-2;/h5-6H,1-3H3;1H. The van der Waals surface area contributed by atoms with Crippen molar-refractivity contribution in [3.63, 3.8) is 0 Å². The van der Waals surface area contributed by atoms with E-state index >= 15 is 0 Å². The van der Waals surface area contributed by atoms with E-state index in [2.05, 4.69) is 5.43 Å². The Balaban J connectivity index is 0. The van der Waals surface area contributed by atoms with Crippen molar-refractivity contribution >= 4 is 5.84 Å². The minimum atomic E-state index is 0. The van der Waals surface area contributed by atoms with Crippen LogP contribution in [0.4, 0.5) is 0 Å². The zero-order chi connectivity index (χ0) is 5.86. The molecule has 50 valence electrons. The smallest absolute Gasteiger partial charge is 0.262 e. The van der Waals surface area contributed by atoms with Gasteiger partial charge in [-0.15, -0.1) is 0 Å². The van der Waals surface area contributed by atoms with Crippen LogP contribution in [-0.4, -0.2) is 24.6 Å². The largest absolute Gasteiger partial charge is 1.00 e. The van der Waals surface area contributed by atoms with E-state index in [-0.39, 0.29) is 24.0 Å². The summed E-state index contributed by atoms with van der Waals surface area (Å²) in [6.07, 6.45) is 0. The third-order valence-electron chi connectivity index (χ3n) is 0.864. The normalized spacial score (nSPS) is 11.4. The van der Waals surface area contributed by atoms with Crippen LogP contribution in [0.25, 0.3) is 0 Å². The number of hydrazone groups is 1. The van der Waals surface area contributed by atoms with Crippen LogP contribution in [0.1, 0.15) is 6.92 Å². The van der Waals surface area contributed by atoms with Crippen LogP contribution >= 0.6 is 0 Å². The number of nitrogens with one attached hydrogen (secondary N) is 1. The average molecular weight is 229 g/mol. The molecule has 3 nitrogen and oxygen atoms in total. The zero-order valence-corrected chi connectivity index (χ0v) is 7.56. The van der Waals surface area contributed by atoms with Gasteiger partial charge in [-0.05, 0) is 0 Å². The second-order valence-corrected chi connectivity index (χ2v) is 1.42. The molecule has 0 aliphatic carbocycles. The van der Waals surface area contributed by atoms with Gasteiger partial charge >= 0.3 is 0 Å². The van der Waals surface area contributed by atoms with Crippen LogP contribution < -0.4 is 35.1 Å². The molecule has 4 heteroatoms. The number of amidine groups is 1. The number of nitrogens with two attached hydrogens (primary N) is 1. The lowest BCUT2D eigenvalue weighted by Gasteiger charge is -1.95. The fraction of sp³-hybridized carbons (Fsp3) is 0.750. The predicted octanol–water partition coefficient (Wildman–Crippen LogP) is -3.86. The lowest BCUT2D eigenvalue weighted by atomic mass is 10.7. The van der Waals surface area contributed by atoms with Gasteiger partial charge in [-0.3, -0.25) is 11.2 Å². The minimum Gasteiger partial charge on any atom is -1.00 e. The quantitative estimate of drug-likeness (QED) is 0.159. The molecule has 0 atom stereocenters. The third kappa shape index (κ3) is 4.17. The van der Waals surface area contributed by atoms with E-state index in [4.69, 9.17) is 5.73 Å². The van der Waals surface area contributed by atoms with Gasteiger partial charge in [0.15, 0.2) is 0 Å². The van der Waals surface area contributed by atoms with Crippen molar-refractivity contribution in [1.82, 2.24) is 5.43 Å². The first kappa shape index (κ1) is 10.9. The van der Waals surface area contributed by atoms with Gasteiger partial charge in [-0.1, -0.05) is 0 Å². The van der Waals surface area contributed by atoms with Gasteiger partial charge in [0.05, 0.1) is 0 Å². The van der Waals surface area contributed by atoms with E-state index in [0.717, 1.165) is 5.84 Å². The van der Waals surface area contributed by atoms with Crippen molar-refractivity contribution in [2.24, 2.45) is 5.73 Å². The number of halogens is 1. The van der Waals surface area contributed by atoms with Crippen LogP contribution in [0.2, 0.25) is 0 Å². The molecule has 0 amide bonds. The topological polar surface area (TPSA) is 41.1 Å². The molecular weight excluding hydrogens is 217 g/mol. The van der Waals surface area contributed by atoms with E-state index in [9.17, 15) is 0 Å². The van der Waals surface area contributed by atoms with E-state index in [0.29, 0.717) is 0 Å². The van der Waals surface area contributed by atoms with Gasteiger partial charge in [-0.25, -0.2) is 0 Å². The van der Waals surface area contributed by atoms with Gasteiger partial charge in [0, 0.05) is 14.0 Å². The number of hydrogen-bond donors (Lipinski definition) is 2. The molecule has 0 fully saturated rings. The number of hydrogen-bond acceptors (Lipinski definition) is 1. The second kappa shape index (κ2) is 5.14. The third-order valence-corrected chi connectivity index (χ3v) is 0.864. The van der Waals surface area contributed by atoms with Crippen LogP contribution in [0.5, 0.6) is 0 Å². The summed E-state index contributed by atoms with van der Waals surface area (Å²) in [6, 6.07) is 0. The molecule has 0 aromatic rings. The number of hydrazine groups is 1. The lowest BCUT2D eigenvalue weighted by molar-refractivity contribution is -0.556. The van der Waals surface area contributed by atoms with E-state index in [1.54, 1.807) is 4.68 Å². The van der Waals surface area contributed by atoms with Gasteiger partial charge in [0.25, 0.3) is 5.84 Å². The highest BCUT2D eigenvalue weighted by Crippen LogP contribution is 1.54. The lowest BCUT2D eigenvalue weighted by Crippen LogP contribution is -3.00. The Bertz CT molecular complexity index is 85.3. The Hall–Kier alpha value is 0. The Morgan fingerprint density at radius 3 is 2.00 bits per heavy atom. The highest BCUT2D eigenvalue weighted by Gasteiger charge is 1.87. The molecule has 3 N–H and O–H groups in total. The molecule has 0 bridgehead atoms. The maximum Gasteiger partial charge on any atom is 0.262 e. The zero-order valence-electron chi connectivity index (χ0n) is 5.40. The first-order valence-corrected chi connectivity index (χ1v) is 2.18. The number of rotatable bonds is 1. The molecule has 0 aromatic carbocycles. The summed E-state index contributed by atoms with van der Waals surface area (Å²) in [5.74, 6) is 0.766. The summed E-state index contributed by atoms with van der Waals surface area (Å²) in [7, 11) is 3.67. The Kier molecular flexibility index (Phi) is 7.00. The first-order chi connectivity index (χ1) is 3.18. The van der Waals surface area contributed by atoms with Gasteiger partial charge in [0.2, 0.25) is 0 Å². The van der Waals surface area contributed by atoms with E-state index in [1.807, 2.05) is 21.0 Å². The van der Waals surface area contributed by atoms with Crippen LogP contribution in [0, 0.1) is 0 Å². The Morgan fingerprint density at radius 1 is 1.62 bits per heavy atom. The monoisotopic (exact) mass is 229 g/mol. The number of nitrogens with zero attached hydrogens (tertiary/aromatic N) is 1. The SMILES string of the molecule is CN/[N+](C)=C(/C)N.[I-].